The Kier molecular flexibility index (Phi) is 4.14. The van der Waals surface area contributed by atoms with E-state index in [9.17, 15) is 0 Å². The van der Waals surface area contributed by atoms with Gasteiger partial charge in [-0.2, -0.15) is 11.8 Å². The molecule has 2 heterocycles. The minimum atomic E-state index is 0.424. The van der Waals surface area contributed by atoms with E-state index in [1.165, 1.54) is 37.3 Å². The maximum atomic E-state index is 5.54. The van der Waals surface area contributed by atoms with Crippen molar-refractivity contribution in [3.8, 4) is 0 Å². The molecule has 0 aromatic heterocycles. The first-order valence-corrected chi connectivity index (χ1v) is 6.94. The number of hydrogen-bond acceptors (Lipinski definition) is 3. The van der Waals surface area contributed by atoms with Crippen LogP contribution in [0.1, 0.15) is 26.2 Å². The van der Waals surface area contributed by atoms with Crippen LogP contribution in [0.15, 0.2) is 0 Å². The van der Waals surface area contributed by atoms with Gasteiger partial charge in [-0.1, -0.05) is 0 Å². The Morgan fingerprint density at radius 3 is 2.71 bits per heavy atom. The van der Waals surface area contributed by atoms with Gasteiger partial charge in [0.2, 0.25) is 0 Å². The molecule has 1 N–H and O–H groups in total. The first kappa shape index (κ1) is 10.8. The maximum absolute atomic E-state index is 5.54. The van der Waals surface area contributed by atoms with Gasteiger partial charge in [-0.15, -0.1) is 0 Å². The second-order valence-electron chi connectivity index (χ2n) is 4.44. The van der Waals surface area contributed by atoms with Gasteiger partial charge < -0.3 is 10.1 Å². The first-order valence-electron chi connectivity index (χ1n) is 5.79. The minimum absolute atomic E-state index is 0.424. The molecule has 14 heavy (non-hydrogen) atoms. The molecule has 2 nitrogen and oxygen atoms in total. The smallest absolute Gasteiger partial charge is 0.0700 e. The zero-order valence-electron chi connectivity index (χ0n) is 9.00. The molecule has 0 aromatic carbocycles. The van der Waals surface area contributed by atoms with Crippen LogP contribution in [0.2, 0.25) is 0 Å². The van der Waals surface area contributed by atoms with Crippen LogP contribution in [0, 0.1) is 5.92 Å². The lowest BCUT2D eigenvalue weighted by molar-refractivity contribution is 0.112. The van der Waals surface area contributed by atoms with E-state index in [2.05, 4.69) is 24.0 Å². The zero-order valence-corrected chi connectivity index (χ0v) is 9.81. The van der Waals surface area contributed by atoms with E-state index in [-0.39, 0.29) is 0 Å². The summed E-state index contributed by atoms with van der Waals surface area (Å²) in [5.41, 5.74) is 0. The van der Waals surface area contributed by atoms with Gasteiger partial charge >= 0.3 is 0 Å². The number of thioether (sulfide) groups is 1. The van der Waals surface area contributed by atoms with Crippen LogP contribution in [0.4, 0.5) is 0 Å². The predicted molar refractivity (Wildman–Crippen MR) is 61.9 cm³/mol. The Labute approximate surface area is 91.2 Å². The lowest BCUT2D eigenvalue weighted by Crippen LogP contribution is -2.38. The highest BCUT2D eigenvalue weighted by Gasteiger charge is 2.24. The molecule has 2 saturated heterocycles. The van der Waals surface area contributed by atoms with Gasteiger partial charge in [-0.25, -0.2) is 0 Å². The summed E-state index contributed by atoms with van der Waals surface area (Å²) >= 11 is 2.10. The van der Waals surface area contributed by atoms with Gasteiger partial charge in [-0.3, -0.25) is 0 Å². The summed E-state index contributed by atoms with van der Waals surface area (Å²) in [7, 11) is 0. The fourth-order valence-electron chi connectivity index (χ4n) is 2.27. The van der Waals surface area contributed by atoms with Crippen molar-refractivity contribution >= 4 is 11.8 Å². The van der Waals surface area contributed by atoms with E-state index in [0.29, 0.717) is 12.1 Å². The third-order valence-corrected chi connectivity index (χ3v) is 4.43. The average molecular weight is 215 g/mol. The normalized spacial score (nSPS) is 34.9. The molecule has 2 fully saturated rings. The van der Waals surface area contributed by atoms with Gasteiger partial charge in [0.25, 0.3) is 0 Å². The third-order valence-electron chi connectivity index (χ3n) is 3.39. The molecule has 82 valence electrons. The van der Waals surface area contributed by atoms with Gasteiger partial charge in [0.1, 0.15) is 0 Å². The summed E-state index contributed by atoms with van der Waals surface area (Å²) in [4.78, 5) is 0. The van der Waals surface area contributed by atoms with Crippen molar-refractivity contribution in [2.45, 2.75) is 38.3 Å². The van der Waals surface area contributed by atoms with E-state index < -0.39 is 0 Å². The number of nitrogens with one attached hydrogen (secondary N) is 1. The van der Waals surface area contributed by atoms with Gasteiger partial charge in [-0.05, 0) is 50.2 Å². The minimum Gasteiger partial charge on any atom is -0.377 e. The Morgan fingerprint density at radius 1 is 1.29 bits per heavy atom. The van der Waals surface area contributed by atoms with Gasteiger partial charge in [0.15, 0.2) is 0 Å². The summed E-state index contributed by atoms with van der Waals surface area (Å²) in [5, 5.41) is 3.67. The molecule has 2 unspecified atom stereocenters. The van der Waals surface area contributed by atoms with E-state index in [0.717, 1.165) is 12.5 Å². The number of rotatable bonds is 3. The summed E-state index contributed by atoms with van der Waals surface area (Å²) in [6.07, 6.45) is 4.43. The zero-order chi connectivity index (χ0) is 9.80. The molecule has 0 aromatic rings. The fraction of sp³-hybridized carbons (Fsp3) is 1.00. The lowest BCUT2D eigenvalue weighted by Gasteiger charge is -2.24. The van der Waals surface area contributed by atoms with Crippen molar-refractivity contribution in [3.63, 3.8) is 0 Å². The highest BCUT2D eigenvalue weighted by molar-refractivity contribution is 7.99. The summed E-state index contributed by atoms with van der Waals surface area (Å²) in [5.74, 6) is 3.65. The molecular formula is C11H21NOS. The van der Waals surface area contributed by atoms with Crippen molar-refractivity contribution < 1.29 is 4.74 Å². The van der Waals surface area contributed by atoms with Crippen molar-refractivity contribution in [1.29, 1.82) is 0 Å². The molecule has 2 aliphatic rings. The van der Waals surface area contributed by atoms with Crippen molar-refractivity contribution in [2.24, 2.45) is 5.92 Å². The quantitative estimate of drug-likeness (QED) is 0.777. The highest BCUT2D eigenvalue weighted by Crippen LogP contribution is 2.22. The molecule has 0 spiro atoms. The molecule has 0 radical (unpaired) electrons. The molecule has 2 aliphatic heterocycles. The van der Waals surface area contributed by atoms with Crippen LogP contribution in [-0.4, -0.2) is 36.8 Å². The van der Waals surface area contributed by atoms with E-state index >= 15 is 0 Å². The molecular weight excluding hydrogens is 194 g/mol. The average Bonchev–Trinajstić information content (AvgIpc) is 2.63. The molecule has 2 atom stereocenters. The number of ether oxygens (including phenoxy) is 1. The monoisotopic (exact) mass is 215 g/mol. The fourth-order valence-corrected chi connectivity index (χ4v) is 3.47. The van der Waals surface area contributed by atoms with E-state index in [1.807, 2.05) is 0 Å². The summed E-state index contributed by atoms with van der Waals surface area (Å²) in [6, 6.07) is 0.615. The van der Waals surface area contributed by atoms with Crippen LogP contribution in [-0.2, 0) is 4.74 Å². The topological polar surface area (TPSA) is 21.3 Å². The summed E-state index contributed by atoms with van der Waals surface area (Å²) < 4.78 is 5.54. The predicted octanol–water partition coefficient (Wildman–Crippen LogP) is 1.90. The SMILES string of the molecule is CC1OCCC1NCC1CCSCC1. The van der Waals surface area contributed by atoms with Crippen LogP contribution >= 0.6 is 11.8 Å². The Bertz CT molecular complexity index is 171. The van der Waals surface area contributed by atoms with Crippen LogP contribution < -0.4 is 5.32 Å². The molecule has 3 heteroatoms. The Balaban J connectivity index is 1.65. The first-order chi connectivity index (χ1) is 6.86. The molecule has 0 amide bonds. The van der Waals surface area contributed by atoms with Gasteiger partial charge in [0, 0.05) is 12.6 Å². The van der Waals surface area contributed by atoms with Crippen LogP contribution in [0.5, 0.6) is 0 Å². The molecule has 0 bridgehead atoms. The molecule has 2 rings (SSSR count). The lowest BCUT2D eigenvalue weighted by atomic mass is 10.0. The Morgan fingerprint density at radius 2 is 2.07 bits per heavy atom. The molecule has 0 aliphatic carbocycles. The van der Waals surface area contributed by atoms with E-state index in [4.69, 9.17) is 4.74 Å². The van der Waals surface area contributed by atoms with Crippen LogP contribution in [0.25, 0.3) is 0 Å². The van der Waals surface area contributed by atoms with Crippen molar-refractivity contribution in [3.05, 3.63) is 0 Å². The highest BCUT2D eigenvalue weighted by atomic mass is 32.2. The summed E-state index contributed by atoms with van der Waals surface area (Å²) in [6.45, 7) is 4.33. The second kappa shape index (κ2) is 5.38. The molecule has 0 saturated carbocycles. The largest absolute Gasteiger partial charge is 0.377 e. The van der Waals surface area contributed by atoms with Crippen molar-refractivity contribution in [2.75, 3.05) is 24.7 Å². The standard InChI is InChI=1S/C11H21NOS/c1-9-11(2-5-13-9)12-8-10-3-6-14-7-4-10/h9-12H,2-8H2,1H3. The maximum Gasteiger partial charge on any atom is 0.0700 e. The second-order valence-corrected chi connectivity index (χ2v) is 5.66. The third kappa shape index (κ3) is 2.88. The van der Waals surface area contributed by atoms with Crippen LogP contribution in [0.3, 0.4) is 0 Å². The number of hydrogen-bond donors (Lipinski definition) is 1. The Hall–Kier alpha value is 0.270. The van der Waals surface area contributed by atoms with Crippen molar-refractivity contribution in [1.82, 2.24) is 5.32 Å². The van der Waals surface area contributed by atoms with E-state index in [1.54, 1.807) is 0 Å². The van der Waals surface area contributed by atoms with Gasteiger partial charge in [0.05, 0.1) is 6.10 Å².